The van der Waals surface area contributed by atoms with E-state index in [0.717, 1.165) is 23.4 Å². The minimum Gasteiger partial charge on any atom is -0.402 e. The van der Waals surface area contributed by atoms with Gasteiger partial charge in [-0.1, -0.05) is 0 Å². The first kappa shape index (κ1) is 10.2. The van der Waals surface area contributed by atoms with Crippen LogP contribution in [0.1, 0.15) is 20.3 Å². The molecule has 0 aliphatic heterocycles. The first-order chi connectivity index (χ1) is 5.13. The summed E-state index contributed by atoms with van der Waals surface area (Å²) in [5, 5.41) is 0. The summed E-state index contributed by atoms with van der Waals surface area (Å²) in [6.45, 7) is 4.44. The van der Waals surface area contributed by atoms with Crippen LogP contribution in [0.15, 0.2) is 16.3 Å². The van der Waals surface area contributed by atoms with Crippen molar-refractivity contribution in [3.8, 4) is 0 Å². The van der Waals surface area contributed by atoms with E-state index in [0.29, 0.717) is 6.54 Å². The second kappa shape index (κ2) is 4.91. The van der Waals surface area contributed by atoms with E-state index in [-0.39, 0.29) is 0 Å². The van der Waals surface area contributed by atoms with Crippen molar-refractivity contribution in [3.05, 3.63) is 11.3 Å². The van der Waals surface area contributed by atoms with Gasteiger partial charge in [0.1, 0.15) is 0 Å². The van der Waals surface area contributed by atoms with Gasteiger partial charge in [-0.3, -0.25) is 4.99 Å². The molecular formula is C8H17N3. The van der Waals surface area contributed by atoms with E-state index in [1.54, 1.807) is 7.05 Å². The first-order valence-electron chi connectivity index (χ1n) is 3.72. The molecule has 0 aromatic heterocycles. The van der Waals surface area contributed by atoms with Crippen LogP contribution in [0.5, 0.6) is 0 Å². The molecule has 3 heteroatoms. The second-order valence-corrected chi connectivity index (χ2v) is 2.51. The Labute approximate surface area is 68.2 Å². The summed E-state index contributed by atoms with van der Waals surface area (Å²) in [5.74, 6) is 0. The fraction of sp³-hybridized carbons (Fsp3) is 0.625. The smallest absolute Gasteiger partial charge is 0.0363 e. The van der Waals surface area contributed by atoms with E-state index in [9.17, 15) is 0 Å². The Kier molecular flexibility index (Phi) is 4.54. The van der Waals surface area contributed by atoms with Gasteiger partial charge in [0.05, 0.1) is 0 Å². The maximum Gasteiger partial charge on any atom is 0.0363 e. The Balaban J connectivity index is 4.50. The van der Waals surface area contributed by atoms with Crippen molar-refractivity contribution < 1.29 is 0 Å². The van der Waals surface area contributed by atoms with Crippen LogP contribution in [0.4, 0.5) is 0 Å². The number of hydrogen-bond donors (Lipinski definition) is 2. The fourth-order valence-corrected chi connectivity index (χ4v) is 0.943. The van der Waals surface area contributed by atoms with Gasteiger partial charge in [0.2, 0.25) is 0 Å². The molecule has 0 aromatic carbocycles. The molecule has 0 aliphatic carbocycles. The third-order valence-electron chi connectivity index (χ3n) is 1.64. The lowest BCUT2D eigenvalue weighted by Gasteiger charge is -2.06. The molecule has 0 saturated carbocycles. The molecule has 0 saturated heterocycles. The predicted molar refractivity (Wildman–Crippen MR) is 49.6 cm³/mol. The highest BCUT2D eigenvalue weighted by Crippen LogP contribution is 2.05. The average Bonchev–Trinajstić information content (AvgIpc) is 1.98. The Morgan fingerprint density at radius 2 is 1.91 bits per heavy atom. The van der Waals surface area contributed by atoms with Gasteiger partial charge in [-0.25, -0.2) is 0 Å². The van der Waals surface area contributed by atoms with Crippen LogP contribution in [0.3, 0.4) is 0 Å². The molecule has 0 spiro atoms. The van der Waals surface area contributed by atoms with E-state index in [1.165, 1.54) is 0 Å². The summed E-state index contributed by atoms with van der Waals surface area (Å²) < 4.78 is 0. The highest BCUT2D eigenvalue weighted by Gasteiger charge is 2.01. The monoisotopic (exact) mass is 155 g/mol. The van der Waals surface area contributed by atoms with Gasteiger partial charge >= 0.3 is 0 Å². The molecule has 0 unspecified atom stereocenters. The number of nitrogens with zero attached hydrogens (tertiary/aromatic N) is 1. The zero-order chi connectivity index (χ0) is 8.85. The molecule has 0 aliphatic rings. The molecule has 11 heavy (non-hydrogen) atoms. The van der Waals surface area contributed by atoms with Crippen molar-refractivity contribution in [1.29, 1.82) is 0 Å². The number of hydrogen-bond acceptors (Lipinski definition) is 3. The molecule has 0 atom stereocenters. The molecule has 0 radical (unpaired) electrons. The van der Waals surface area contributed by atoms with E-state index < -0.39 is 0 Å². The minimum atomic E-state index is 0.622. The summed E-state index contributed by atoms with van der Waals surface area (Å²) in [4.78, 5) is 4.05. The average molecular weight is 155 g/mol. The van der Waals surface area contributed by atoms with Crippen LogP contribution in [-0.4, -0.2) is 19.3 Å². The van der Waals surface area contributed by atoms with Crippen molar-refractivity contribution in [2.45, 2.75) is 20.3 Å². The molecule has 0 bridgehead atoms. The largest absolute Gasteiger partial charge is 0.402 e. The van der Waals surface area contributed by atoms with Gasteiger partial charge in [-0.15, -0.1) is 0 Å². The maximum absolute atomic E-state index is 5.64. The SMILES string of the molecule is CN=C(C)C(CCN)=C(C)N. The number of aliphatic imine (C=N–C) groups is 1. The maximum atomic E-state index is 5.64. The third-order valence-corrected chi connectivity index (χ3v) is 1.64. The van der Waals surface area contributed by atoms with Crippen LogP contribution in [0.25, 0.3) is 0 Å². The summed E-state index contributed by atoms with van der Waals surface area (Å²) in [5.41, 5.74) is 13.9. The van der Waals surface area contributed by atoms with Gasteiger partial charge in [-0.05, 0) is 32.4 Å². The Morgan fingerprint density at radius 3 is 2.18 bits per heavy atom. The zero-order valence-corrected chi connectivity index (χ0v) is 7.52. The van der Waals surface area contributed by atoms with Gasteiger partial charge in [0.15, 0.2) is 0 Å². The van der Waals surface area contributed by atoms with Crippen LogP contribution in [0.2, 0.25) is 0 Å². The molecule has 0 amide bonds. The normalized spacial score (nSPS) is 14.7. The Hall–Kier alpha value is -0.830. The van der Waals surface area contributed by atoms with Gasteiger partial charge in [-0.2, -0.15) is 0 Å². The Morgan fingerprint density at radius 1 is 1.36 bits per heavy atom. The van der Waals surface area contributed by atoms with Crippen molar-refractivity contribution in [1.82, 2.24) is 0 Å². The number of allylic oxidation sites excluding steroid dienone is 1. The summed E-state index contributed by atoms with van der Waals surface area (Å²) in [7, 11) is 1.76. The lowest BCUT2D eigenvalue weighted by molar-refractivity contribution is 0.961. The topological polar surface area (TPSA) is 64.4 Å². The molecule has 3 nitrogen and oxygen atoms in total. The van der Waals surface area contributed by atoms with Crippen molar-refractivity contribution >= 4 is 5.71 Å². The summed E-state index contributed by atoms with van der Waals surface area (Å²) in [6, 6.07) is 0. The molecule has 0 rings (SSSR count). The molecule has 0 aromatic rings. The molecule has 64 valence electrons. The standard InChI is InChI=1S/C8H17N3/c1-6(10)8(4-5-9)7(2)11-3/h4-5,9-10H2,1-3H3. The van der Waals surface area contributed by atoms with E-state index in [2.05, 4.69) is 4.99 Å². The molecule has 0 heterocycles. The van der Waals surface area contributed by atoms with Crippen LogP contribution >= 0.6 is 0 Å². The van der Waals surface area contributed by atoms with Gasteiger partial charge < -0.3 is 11.5 Å². The lowest BCUT2D eigenvalue weighted by Crippen LogP contribution is -2.11. The minimum absolute atomic E-state index is 0.622. The van der Waals surface area contributed by atoms with Crippen LogP contribution in [-0.2, 0) is 0 Å². The van der Waals surface area contributed by atoms with E-state index >= 15 is 0 Å². The molecule has 0 fully saturated rings. The third kappa shape index (κ3) is 3.18. The van der Waals surface area contributed by atoms with Crippen molar-refractivity contribution in [3.63, 3.8) is 0 Å². The fourth-order valence-electron chi connectivity index (χ4n) is 0.943. The summed E-state index contributed by atoms with van der Waals surface area (Å²) in [6.07, 6.45) is 0.811. The highest BCUT2D eigenvalue weighted by atomic mass is 14.7. The van der Waals surface area contributed by atoms with Crippen molar-refractivity contribution in [2.24, 2.45) is 16.5 Å². The van der Waals surface area contributed by atoms with E-state index in [1.807, 2.05) is 13.8 Å². The van der Waals surface area contributed by atoms with Gasteiger partial charge in [0, 0.05) is 18.5 Å². The predicted octanol–water partition coefficient (Wildman–Crippen LogP) is 0.659. The zero-order valence-electron chi connectivity index (χ0n) is 7.52. The van der Waals surface area contributed by atoms with Gasteiger partial charge in [0.25, 0.3) is 0 Å². The quantitative estimate of drug-likeness (QED) is 0.588. The number of rotatable bonds is 3. The van der Waals surface area contributed by atoms with Crippen molar-refractivity contribution in [2.75, 3.05) is 13.6 Å². The second-order valence-electron chi connectivity index (χ2n) is 2.51. The van der Waals surface area contributed by atoms with E-state index in [4.69, 9.17) is 11.5 Å². The summed E-state index contributed by atoms with van der Waals surface area (Å²) >= 11 is 0. The van der Waals surface area contributed by atoms with Crippen LogP contribution in [0, 0.1) is 0 Å². The number of nitrogens with two attached hydrogens (primary N) is 2. The molecular weight excluding hydrogens is 138 g/mol. The molecule has 4 N–H and O–H groups in total. The lowest BCUT2D eigenvalue weighted by atomic mass is 10.1. The highest BCUT2D eigenvalue weighted by molar-refractivity contribution is 5.98. The Bertz CT molecular complexity index is 176. The van der Waals surface area contributed by atoms with Crippen LogP contribution < -0.4 is 11.5 Å². The first-order valence-corrected chi connectivity index (χ1v) is 3.72.